The SMILES string of the molecule is CCOC(=O)[C@H]1CCCN(CC(=O)N2N=C(c3ccc(C)c(C)c3)C[C@H]2c2ccccc2Cl)C1. The van der Waals surface area contributed by atoms with Crippen molar-refractivity contribution < 1.29 is 14.3 Å². The number of hydrogen-bond acceptors (Lipinski definition) is 5. The summed E-state index contributed by atoms with van der Waals surface area (Å²) < 4.78 is 5.21. The lowest BCUT2D eigenvalue weighted by molar-refractivity contribution is -0.150. The standard InChI is InChI=1S/C27H32ClN3O3/c1-4-34-27(33)21-8-7-13-30(16-21)17-26(32)31-25(22-9-5-6-10-23(22)28)15-24(29-31)20-12-11-18(2)19(3)14-20/h5-6,9-12,14,21,25H,4,7-8,13,15-17H2,1-3H3/t21-,25-/m0/s1. The number of aryl methyl sites for hydroxylation is 2. The number of likely N-dealkylation sites (tertiary alicyclic amines) is 1. The second-order valence-electron chi connectivity index (χ2n) is 9.15. The second-order valence-corrected chi connectivity index (χ2v) is 9.56. The van der Waals surface area contributed by atoms with Gasteiger partial charge in [0.25, 0.3) is 5.91 Å². The largest absolute Gasteiger partial charge is 0.466 e. The topological polar surface area (TPSA) is 62.2 Å². The van der Waals surface area contributed by atoms with Crippen molar-refractivity contribution in [2.75, 3.05) is 26.2 Å². The van der Waals surface area contributed by atoms with Gasteiger partial charge in [0.1, 0.15) is 0 Å². The zero-order valence-electron chi connectivity index (χ0n) is 20.1. The second kappa shape index (κ2) is 10.7. The number of amides is 1. The van der Waals surface area contributed by atoms with E-state index >= 15 is 0 Å². The number of hydrogen-bond donors (Lipinski definition) is 0. The van der Waals surface area contributed by atoms with Crippen LogP contribution in [0.15, 0.2) is 47.6 Å². The van der Waals surface area contributed by atoms with Crippen LogP contribution in [0.4, 0.5) is 0 Å². The summed E-state index contributed by atoms with van der Waals surface area (Å²) in [5.41, 5.74) is 5.21. The van der Waals surface area contributed by atoms with Gasteiger partial charge in [0.05, 0.1) is 30.8 Å². The van der Waals surface area contributed by atoms with Gasteiger partial charge in [-0.05, 0) is 74.5 Å². The van der Waals surface area contributed by atoms with E-state index in [1.165, 1.54) is 11.1 Å². The van der Waals surface area contributed by atoms with Gasteiger partial charge in [-0.15, -0.1) is 0 Å². The molecule has 0 radical (unpaired) electrons. The fourth-order valence-corrected chi connectivity index (χ4v) is 5.00. The van der Waals surface area contributed by atoms with Gasteiger partial charge in [0, 0.05) is 18.0 Å². The molecule has 2 aromatic carbocycles. The predicted molar refractivity (Wildman–Crippen MR) is 134 cm³/mol. The molecule has 0 aromatic heterocycles. The number of carbonyl (C=O) groups is 2. The molecule has 7 heteroatoms. The maximum Gasteiger partial charge on any atom is 0.310 e. The van der Waals surface area contributed by atoms with E-state index in [1.807, 2.05) is 36.1 Å². The fourth-order valence-electron chi connectivity index (χ4n) is 4.74. The van der Waals surface area contributed by atoms with Gasteiger partial charge in [-0.25, -0.2) is 5.01 Å². The van der Waals surface area contributed by atoms with Crippen LogP contribution in [0, 0.1) is 19.8 Å². The van der Waals surface area contributed by atoms with Crippen LogP contribution < -0.4 is 0 Å². The maximum atomic E-state index is 13.5. The molecule has 2 aliphatic rings. The van der Waals surface area contributed by atoms with Gasteiger partial charge in [-0.2, -0.15) is 5.10 Å². The highest BCUT2D eigenvalue weighted by Gasteiger charge is 2.36. The number of hydrazone groups is 1. The van der Waals surface area contributed by atoms with Crippen LogP contribution in [0.5, 0.6) is 0 Å². The summed E-state index contributed by atoms with van der Waals surface area (Å²) in [6.45, 7) is 7.87. The molecule has 2 atom stereocenters. The Balaban J connectivity index is 1.57. The first-order chi connectivity index (χ1) is 16.4. The summed E-state index contributed by atoms with van der Waals surface area (Å²) in [7, 11) is 0. The first kappa shape index (κ1) is 24.4. The smallest absolute Gasteiger partial charge is 0.310 e. The molecule has 0 bridgehead atoms. The summed E-state index contributed by atoms with van der Waals surface area (Å²) in [6, 6.07) is 13.7. The number of benzene rings is 2. The number of nitrogens with zero attached hydrogens (tertiary/aromatic N) is 3. The first-order valence-electron chi connectivity index (χ1n) is 12.0. The number of halogens is 1. The molecule has 0 saturated carbocycles. The van der Waals surface area contributed by atoms with Crippen molar-refractivity contribution in [2.24, 2.45) is 11.0 Å². The van der Waals surface area contributed by atoms with Gasteiger partial charge in [0.15, 0.2) is 0 Å². The minimum absolute atomic E-state index is 0.0896. The zero-order chi connectivity index (χ0) is 24.2. The van der Waals surface area contributed by atoms with E-state index in [9.17, 15) is 9.59 Å². The molecule has 34 heavy (non-hydrogen) atoms. The Hall–Kier alpha value is -2.70. The van der Waals surface area contributed by atoms with Crippen LogP contribution in [-0.4, -0.2) is 53.7 Å². The van der Waals surface area contributed by atoms with Crippen LogP contribution in [0.2, 0.25) is 5.02 Å². The summed E-state index contributed by atoms with van der Waals surface area (Å²) in [6.07, 6.45) is 2.26. The van der Waals surface area contributed by atoms with Gasteiger partial charge >= 0.3 is 5.97 Å². The lowest BCUT2D eigenvalue weighted by Gasteiger charge is -2.32. The Morgan fingerprint density at radius 2 is 1.94 bits per heavy atom. The molecule has 2 aliphatic heterocycles. The zero-order valence-corrected chi connectivity index (χ0v) is 20.8. The Morgan fingerprint density at radius 3 is 2.68 bits per heavy atom. The van der Waals surface area contributed by atoms with Gasteiger partial charge in [0.2, 0.25) is 0 Å². The average Bonchev–Trinajstić information content (AvgIpc) is 3.27. The van der Waals surface area contributed by atoms with Crippen molar-refractivity contribution in [3.8, 4) is 0 Å². The van der Waals surface area contributed by atoms with Crippen molar-refractivity contribution in [1.29, 1.82) is 0 Å². The van der Waals surface area contributed by atoms with Crippen LogP contribution >= 0.6 is 11.6 Å². The summed E-state index contributed by atoms with van der Waals surface area (Å²) in [5, 5.41) is 7.02. The molecule has 2 aromatic rings. The molecule has 0 spiro atoms. The molecule has 2 heterocycles. The van der Waals surface area contributed by atoms with E-state index in [2.05, 4.69) is 32.0 Å². The number of esters is 1. The molecule has 180 valence electrons. The van der Waals surface area contributed by atoms with Crippen LogP contribution in [-0.2, 0) is 14.3 Å². The van der Waals surface area contributed by atoms with Crippen molar-refractivity contribution in [3.05, 3.63) is 69.7 Å². The highest BCUT2D eigenvalue weighted by molar-refractivity contribution is 6.31. The maximum absolute atomic E-state index is 13.5. The molecule has 0 N–H and O–H groups in total. The van der Waals surface area contributed by atoms with Crippen molar-refractivity contribution in [3.63, 3.8) is 0 Å². The number of piperidine rings is 1. The number of rotatable bonds is 6. The molecule has 1 fully saturated rings. The average molecular weight is 482 g/mol. The van der Waals surface area contributed by atoms with E-state index in [0.717, 1.165) is 36.2 Å². The lowest BCUT2D eigenvalue weighted by Crippen LogP contribution is -2.44. The van der Waals surface area contributed by atoms with Gasteiger partial charge in [-0.3, -0.25) is 14.5 Å². The van der Waals surface area contributed by atoms with Crippen molar-refractivity contribution >= 4 is 29.2 Å². The predicted octanol–water partition coefficient (Wildman–Crippen LogP) is 4.91. The van der Waals surface area contributed by atoms with Crippen molar-refractivity contribution in [2.45, 2.75) is 46.1 Å². The third-order valence-corrected chi connectivity index (χ3v) is 7.10. The Kier molecular flexibility index (Phi) is 7.69. The minimum atomic E-state index is -0.261. The van der Waals surface area contributed by atoms with E-state index in [4.69, 9.17) is 21.4 Å². The monoisotopic (exact) mass is 481 g/mol. The molecular formula is C27H32ClN3O3. The van der Waals surface area contributed by atoms with Gasteiger partial charge < -0.3 is 4.74 Å². The summed E-state index contributed by atoms with van der Waals surface area (Å²) >= 11 is 6.54. The molecule has 1 saturated heterocycles. The first-order valence-corrected chi connectivity index (χ1v) is 12.4. The molecule has 4 rings (SSSR count). The fraction of sp³-hybridized carbons (Fsp3) is 0.444. The Morgan fingerprint density at radius 1 is 1.15 bits per heavy atom. The number of carbonyl (C=O) groups excluding carboxylic acids is 2. The summed E-state index contributed by atoms with van der Waals surface area (Å²) in [5.74, 6) is -0.452. The van der Waals surface area contributed by atoms with Crippen molar-refractivity contribution in [1.82, 2.24) is 9.91 Å². The van der Waals surface area contributed by atoms with E-state index in [1.54, 1.807) is 5.01 Å². The van der Waals surface area contributed by atoms with E-state index in [-0.39, 0.29) is 30.4 Å². The molecule has 0 unspecified atom stereocenters. The Bertz CT molecular complexity index is 1100. The minimum Gasteiger partial charge on any atom is -0.466 e. The highest BCUT2D eigenvalue weighted by atomic mass is 35.5. The third-order valence-electron chi connectivity index (χ3n) is 6.75. The molecule has 0 aliphatic carbocycles. The molecular weight excluding hydrogens is 450 g/mol. The van der Waals surface area contributed by atoms with Crippen LogP contribution in [0.3, 0.4) is 0 Å². The quantitative estimate of drug-likeness (QED) is 0.550. The summed E-state index contributed by atoms with van der Waals surface area (Å²) in [4.78, 5) is 27.8. The normalized spacial score (nSPS) is 20.8. The third kappa shape index (κ3) is 5.34. The van der Waals surface area contributed by atoms with Gasteiger partial charge in [-0.1, -0.05) is 41.9 Å². The van der Waals surface area contributed by atoms with E-state index < -0.39 is 0 Å². The van der Waals surface area contributed by atoms with E-state index in [0.29, 0.717) is 24.6 Å². The lowest BCUT2D eigenvalue weighted by atomic mass is 9.96. The Labute approximate surface area is 206 Å². The van der Waals surface area contributed by atoms with Crippen LogP contribution in [0.25, 0.3) is 0 Å². The van der Waals surface area contributed by atoms with Crippen LogP contribution in [0.1, 0.15) is 54.5 Å². The number of ether oxygens (including phenoxy) is 1. The molecule has 1 amide bonds. The highest BCUT2D eigenvalue weighted by Crippen LogP contribution is 2.36. The molecule has 6 nitrogen and oxygen atoms in total.